The van der Waals surface area contributed by atoms with Gasteiger partial charge < -0.3 is 14.6 Å². The van der Waals surface area contributed by atoms with Crippen molar-refractivity contribution < 1.29 is 4.42 Å². The first-order valence-electron chi connectivity index (χ1n) is 7.26. The minimum absolute atomic E-state index is 0.603. The highest BCUT2D eigenvalue weighted by atomic mass is 16.3. The van der Waals surface area contributed by atoms with Crippen molar-refractivity contribution in [2.75, 3.05) is 33.2 Å². The van der Waals surface area contributed by atoms with Gasteiger partial charge in [0.1, 0.15) is 11.5 Å². The van der Waals surface area contributed by atoms with E-state index in [1.54, 1.807) is 0 Å². The van der Waals surface area contributed by atoms with E-state index in [1.807, 2.05) is 0 Å². The molecule has 3 heterocycles. The second-order valence-corrected chi connectivity index (χ2v) is 5.96. The van der Waals surface area contributed by atoms with E-state index >= 15 is 0 Å². The number of fused-ring (bicyclic) bond motifs is 1. The third kappa shape index (κ3) is 2.34. The molecule has 0 spiro atoms. The molecule has 0 aromatic carbocycles. The van der Waals surface area contributed by atoms with Gasteiger partial charge in [-0.05, 0) is 50.5 Å². The molecule has 0 amide bonds. The smallest absolute Gasteiger partial charge is 0.108 e. The number of hydrogen-bond donors (Lipinski definition) is 1. The highest BCUT2D eigenvalue weighted by molar-refractivity contribution is 5.29. The van der Waals surface area contributed by atoms with E-state index in [2.05, 4.69) is 30.3 Å². The van der Waals surface area contributed by atoms with Crippen molar-refractivity contribution in [3.8, 4) is 0 Å². The van der Waals surface area contributed by atoms with Crippen LogP contribution in [0.25, 0.3) is 0 Å². The number of piperidine rings is 1. The minimum Gasteiger partial charge on any atom is -0.465 e. The summed E-state index contributed by atoms with van der Waals surface area (Å²) in [5, 5.41) is 3.42. The summed E-state index contributed by atoms with van der Waals surface area (Å²) in [4.78, 5) is 2.41. The van der Waals surface area contributed by atoms with Crippen molar-refractivity contribution >= 4 is 0 Å². The molecular formula is C15H24N2O. The highest BCUT2D eigenvalue weighted by Crippen LogP contribution is 2.34. The van der Waals surface area contributed by atoms with Gasteiger partial charge in [0.25, 0.3) is 0 Å². The van der Waals surface area contributed by atoms with Crippen LogP contribution in [-0.2, 0) is 6.42 Å². The topological polar surface area (TPSA) is 28.4 Å². The summed E-state index contributed by atoms with van der Waals surface area (Å²) < 4.78 is 6.19. The second kappa shape index (κ2) is 5.06. The van der Waals surface area contributed by atoms with Gasteiger partial charge in [0.2, 0.25) is 0 Å². The van der Waals surface area contributed by atoms with Crippen LogP contribution in [0.1, 0.15) is 48.7 Å². The van der Waals surface area contributed by atoms with Gasteiger partial charge in [-0.15, -0.1) is 0 Å². The molecule has 0 saturated carbocycles. The van der Waals surface area contributed by atoms with Crippen LogP contribution in [0, 0.1) is 0 Å². The summed E-state index contributed by atoms with van der Waals surface area (Å²) >= 11 is 0. The first-order chi connectivity index (χ1) is 8.74. The van der Waals surface area contributed by atoms with Crippen LogP contribution in [0.4, 0.5) is 0 Å². The lowest BCUT2D eigenvalue weighted by molar-refractivity contribution is 0.320. The fourth-order valence-corrected chi connectivity index (χ4v) is 3.33. The second-order valence-electron chi connectivity index (χ2n) is 5.96. The molecule has 1 unspecified atom stereocenters. The van der Waals surface area contributed by atoms with Gasteiger partial charge >= 0.3 is 0 Å². The van der Waals surface area contributed by atoms with Crippen LogP contribution in [0.5, 0.6) is 0 Å². The fourth-order valence-electron chi connectivity index (χ4n) is 3.33. The molecule has 0 bridgehead atoms. The monoisotopic (exact) mass is 248 g/mol. The zero-order valence-electron chi connectivity index (χ0n) is 11.5. The number of hydrogen-bond acceptors (Lipinski definition) is 3. The molecule has 1 N–H and O–H groups in total. The molecule has 1 atom stereocenters. The first kappa shape index (κ1) is 12.2. The highest BCUT2D eigenvalue weighted by Gasteiger charge is 2.25. The Kier molecular flexibility index (Phi) is 3.44. The maximum Gasteiger partial charge on any atom is 0.108 e. The van der Waals surface area contributed by atoms with E-state index in [-0.39, 0.29) is 0 Å². The zero-order valence-corrected chi connectivity index (χ0v) is 11.5. The Morgan fingerprint density at radius 2 is 2.11 bits per heavy atom. The van der Waals surface area contributed by atoms with Crippen LogP contribution < -0.4 is 5.32 Å². The lowest BCUT2D eigenvalue weighted by Gasteiger charge is -2.21. The SMILES string of the molecule is CC1CN(C)CCc2oc(C3CCNCC3)cc21. The van der Waals surface area contributed by atoms with Crippen molar-refractivity contribution in [3.63, 3.8) is 0 Å². The average molecular weight is 248 g/mol. The third-order valence-electron chi connectivity index (χ3n) is 4.44. The predicted octanol–water partition coefficient (Wildman–Crippen LogP) is 2.34. The largest absolute Gasteiger partial charge is 0.465 e. The van der Waals surface area contributed by atoms with Crippen molar-refractivity contribution in [1.29, 1.82) is 0 Å². The Morgan fingerprint density at radius 1 is 1.33 bits per heavy atom. The summed E-state index contributed by atoms with van der Waals surface area (Å²) in [7, 11) is 2.20. The average Bonchev–Trinajstić information content (AvgIpc) is 2.76. The molecule has 1 aromatic rings. The van der Waals surface area contributed by atoms with Crippen LogP contribution >= 0.6 is 0 Å². The molecule has 1 aromatic heterocycles. The Balaban J connectivity index is 1.83. The molecule has 2 aliphatic heterocycles. The molecule has 18 heavy (non-hydrogen) atoms. The summed E-state index contributed by atoms with van der Waals surface area (Å²) in [5.41, 5.74) is 1.47. The van der Waals surface area contributed by atoms with E-state index in [4.69, 9.17) is 4.42 Å². The number of likely N-dealkylation sites (N-methyl/N-ethyl adjacent to an activating group) is 1. The van der Waals surface area contributed by atoms with Gasteiger partial charge in [-0.2, -0.15) is 0 Å². The number of nitrogens with zero attached hydrogens (tertiary/aromatic N) is 1. The van der Waals surface area contributed by atoms with Crippen molar-refractivity contribution in [2.24, 2.45) is 0 Å². The van der Waals surface area contributed by atoms with E-state index in [9.17, 15) is 0 Å². The van der Waals surface area contributed by atoms with Crippen molar-refractivity contribution in [3.05, 3.63) is 23.2 Å². The summed E-state index contributed by atoms with van der Waals surface area (Å²) in [6.07, 6.45) is 3.52. The Labute approximate surface area is 110 Å². The van der Waals surface area contributed by atoms with E-state index in [0.29, 0.717) is 11.8 Å². The van der Waals surface area contributed by atoms with Crippen LogP contribution in [0.2, 0.25) is 0 Å². The lowest BCUT2D eigenvalue weighted by atomic mass is 9.94. The maximum absolute atomic E-state index is 6.19. The number of rotatable bonds is 1. The minimum atomic E-state index is 0.603. The molecule has 1 saturated heterocycles. The van der Waals surface area contributed by atoms with Gasteiger partial charge in [-0.3, -0.25) is 0 Å². The van der Waals surface area contributed by atoms with Crippen molar-refractivity contribution in [1.82, 2.24) is 10.2 Å². The molecule has 3 nitrogen and oxygen atoms in total. The van der Waals surface area contributed by atoms with E-state index < -0.39 is 0 Å². The molecular weight excluding hydrogens is 224 g/mol. The summed E-state index contributed by atoms with van der Waals surface area (Å²) in [5.74, 6) is 3.74. The van der Waals surface area contributed by atoms with Crippen LogP contribution in [0.15, 0.2) is 10.5 Å². The Hall–Kier alpha value is -0.800. The van der Waals surface area contributed by atoms with Crippen LogP contribution in [0.3, 0.4) is 0 Å². The molecule has 2 aliphatic rings. The van der Waals surface area contributed by atoms with Gasteiger partial charge in [0, 0.05) is 25.4 Å². The molecule has 100 valence electrons. The van der Waals surface area contributed by atoms with Gasteiger partial charge in [0.15, 0.2) is 0 Å². The Morgan fingerprint density at radius 3 is 2.89 bits per heavy atom. The third-order valence-corrected chi connectivity index (χ3v) is 4.44. The van der Waals surface area contributed by atoms with Gasteiger partial charge in [-0.1, -0.05) is 6.92 Å². The van der Waals surface area contributed by atoms with Gasteiger partial charge in [0.05, 0.1) is 0 Å². The maximum atomic E-state index is 6.19. The normalized spacial score (nSPS) is 26.9. The summed E-state index contributed by atoms with van der Waals surface area (Å²) in [6.45, 7) is 6.86. The van der Waals surface area contributed by atoms with Crippen molar-refractivity contribution in [2.45, 2.75) is 38.0 Å². The predicted molar refractivity (Wildman–Crippen MR) is 73.2 cm³/mol. The quantitative estimate of drug-likeness (QED) is 0.827. The van der Waals surface area contributed by atoms with E-state index in [0.717, 1.165) is 32.6 Å². The van der Waals surface area contributed by atoms with Crippen LogP contribution in [-0.4, -0.2) is 38.1 Å². The first-order valence-corrected chi connectivity index (χ1v) is 7.26. The number of furan rings is 1. The number of nitrogens with one attached hydrogen (secondary N) is 1. The molecule has 0 radical (unpaired) electrons. The van der Waals surface area contributed by atoms with E-state index in [1.165, 1.54) is 29.9 Å². The van der Waals surface area contributed by atoms with Gasteiger partial charge in [-0.25, -0.2) is 0 Å². The molecule has 1 fully saturated rings. The Bertz CT molecular complexity index is 407. The fraction of sp³-hybridized carbons (Fsp3) is 0.733. The summed E-state index contributed by atoms with van der Waals surface area (Å²) in [6, 6.07) is 2.36. The zero-order chi connectivity index (χ0) is 12.5. The molecule has 3 heteroatoms. The molecule has 3 rings (SSSR count). The lowest BCUT2D eigenvalue weighted by Crippen LogP contribution is -2.26. The standard InChI is InChI=1S/C15H24N2O/c1-11-10-17(2)8-5-14-13(11)9-15(18-14)12-3-6-16-7-4-12/h9,11-12,16H,3-8,10H2,1-2H3. The molecule has 0 aliphatic carbocycles.